The van der Waals surface area contributed by atoms with E-state index in [-0.39, 0.29) is 0 Å². The number of nitrogens with zero attached hydrogens (tertiary/aromatic N) is 1. The number of hydrogen-bond acceptors (Lipinski definition) is 6. The van der Waals surface area contributed by atoms with Gasteiger partial charge in [-0.05, 0) is 0 Å². The number of hydrazone groups is 1. The third-order valence-electron chi connectivity index (χ3n) is 1.19. The van der Waals surface area contributed by atoms with E-state index in [1.54, 1.807) is 0 Å². The molecule has 6 heteroatoms. The Morgan fingerprint density at radius 2 is 1.67 bits per heavy atom. The Hall–Kier alpha value is -1.59. The van der Waals surface area contributed by atoms with E-state index >= 15 is 0 Å². The minimum Gasteiger partial charge on any atom is -0.418 e. The Balaban J connectivity index is 2.93. The van der Waals surface area contributed by atoms with Crippen LogP contribution in [0.25, 0.3) is 0 Å². The first-order chi connectivity index (χ1) is 5.46. The molecule has 12 heavy (non-hydrogen) atoms. The molecule has 0 unspecified atom stereocenters. The van der Waals surface area contributed by atoms with Gasteiger partial charge in [0.05, 0.1) is 0 Å². The lowest BCUT2D eigenvalue weighted by Crippen LogP contribution is -2.47. The molecule has 0 aromatic heterocycles. The summed E-state index contributed by atoms with van der Waals surface area (Å²) < 4.78 is 9.31. The summed E-state index contributed by atoms with van der Waals surface area (Å²) in [6.07, 6.45) is 0. The van der Waals surface area contributed by atoms with Crippen LogP contribution >= 0.6 is 0 Å². The summed E-state index contributed by atoms with van der Waals surface area (Å²) in [7, 11) is 0. The first-order valence-electron chi connectivity index (χ1n) is 3.21. The number of carbonyl (C=O) groups excluding carboxylic acids is 2. The topological polar surface area (TPSA) is 91.0 Å². The number of esters is 2. The molecule has 1 rings (SSSR count). The summed E-state index contributed by atoms with van der Waals surface area (Å²) in [4.78, 5) is 21.8. The number of ether oxygens (including phenoxy) is 2. The summed E-state index contributed by atoms with van der Waals surface area (Å²) in [5.41, 5.74) is -0.519. The lowest BCUT2D eigenvalue weighted by Gasteiger charge is -2.28. The molecule has 1 saturated heterocycles. The van der Waals surface area contributed by atoms with E-state index in [4.69, 9.17) is 5.84 Å². The maximum atomic E-state index is 10.9. The zero-order valence-electron chi connectivity index (χ0n) is 6.66. The highest BCUT2D eigenvalue weighted by Gasteiger charge is 2.40. The Kier molecular flexibility index (Phi) is 1.75. The van der Waals surface area contributed by atoms with Crippen molar-refractivity contribution in [3.8, 4) is 0 Å². The molecule has 1 aliphatic rings. The third kappa shape index (κ3) is 1.36. The van der Waals surface area contributed by atoms with Crippen LogP contribution in [-0.4, -0.2) is 23.4 Å². The van der Waals surface area contributed by atoms with E-state index in [9.17, 15) is 9.59 Å². The summed E-state index contributed by atoms with van der Waals surface area (Å²) >= 11 is 0. The fourth-order valence-corrected chi connectivity index (χ4v) is 0.753. The molecule has 1 heterocycles. The summed E-state index contributed by atoms with van der Waals surface area (Å²) in [5.74, 6) is 1.80. The molecule has 6 nitrogen and oxygen atoms in total. The van der Waals surface area contributed by atoms with Gasteiger partial charge in [-0.1, -0.05) is 0 Å². The van der Waals surface area contributed by atoms with Crippen molar-refractivity contribution in [2.75, 3.05) is 0 Å². The predicted molar refractivity (Wildman–Crippen MR) is 37.9 cm³/mol. The molecule has 0 aromatic carbocycles. The molecule has 0 bridgehead atoms. The first kappa shape index (κ1) is 8.51. The second-order valence-corrected chi connectivity index (χ2v) is 2.66. The molecule has 1 fully saturated rings. The summed E-state index contributed by atoms with van der Waals surface area (Å²) in [6.45, 7) is 2.88. The average molecular weight is 172 g/mol. The normalized spacial score (nSPS) is 21.3. The molecule has 0 amide bonds. The molecule has 2 N–H and O–H groups in total. The minimum absolute atomic E-state index is 0.519. The standard InChI is InChI=1S/C6H8N2O4/c1-6(2)11-4(9)3(8-7)5(10)12-6/h7H2,1-2H3. The molecule has 0 radical (unpaired) electrons. The first-order valence-corrected chi connectivity index (χ1v) is 3.21. The molecular weight excluding hydrogens is 164 g/mol. The molecular formula is C6H8N2O4. The van der Waals surface area contributed by atoms with Gasteiger partial charge < -0.3 is 15.3 Å². The third-order valence-corrected chi connectivity index (χ3v) is 1.19. The highest BCUT2D eigenvalue weighted by Crippen LogP contribution is 2.17. The molecule has 0 atom stereocenters. The van der Waals surface area contributed by atoms with Gasteiger partial charge in [0.1, 0.15) is 0 Å². The maximum Gasteiger partial charge on any atom is 0.369 e. The van der Waals surface area contributed by atoms with Gasteiger partial charge in [0.15, 0.2) is 0 Å². The van der Waals surface area contributed by atoms with Crippen molar-refractivity contribution in [1.82, 2.24) is 0 Å². The Labute approximate surface area is 68.3 Å². The Morgan fingerprint density at radius 1 is 1.25 bits per heavy atom. The van der Waals surface area contributed by atoms with Crippen molar-refractivity contribution >= 4 is 17.7 Å². The van der Waals surface area contributed by atoms with Gasteiger partial charge >= 0.3 is 11.9 Å². The van der Waals surface area contributed by atoms with E-state index in [0.717, 1.165) is 0 Å². The van der Waals surface area contributed by atoms with Gasteiger partial charge in [0.2, 0.25) is 0 Å². The predicted octanol–water partition coefficient (Wildman–Crippen LogP) is -0.863. The van der Waals surface area contributed by atoms with Crippen LogP contribution in [0, 0.1) is 0 Å². The molecule has 66 valence electrons. The average Bonchev–Trinajstić information content (AvgIpc) is 1.82. The number of carbonyl (C=O) groups is 2. The highest BCUT2D eigenvalue weighted by atomic mass is 16.7. The van der Waals surface area contributed by atoms with Crippen LogP contribution in [0.1, 0.15) is 13.8 Å². The van der Waals surface area contributed by atoms with Crippen molar-refractivity contribution in [3.05, 3.63) is 0 Å². The van der Waals surface area contributed by atoms with Crippen LogP contribution in [0.2, 0.25) is 0 Å². The van der Waals surface area contributed by atoms with Crippen molar-refractivity contribution in [3.63, 3.8) is 0 Å². The lowest BCUT2D eigenvalue weighted by atomic mass is 10.3. The van der Waals surface area contributed by atoms with E-state index in [1.807, 2.05) is 0 Å². The lowest BCUT2D eigenvalue weighted by molar-refractivity contribution is -0.214. The number of rotatable bonds is 0. The fourth-order valence-electron chi connectivity index (χ4n) is 0.753. The van der Waals surface area contributed by atoms with Gasteiger partial charge in [-0.25, -0.2) is 9.59 Å². The van der Waals surface area contributed by atoms with Crippen LogP contribution in [0.4, 0.5) is 0 Å². The van der Waals surface area contributed by atoms with Gasteiger partial charge in [0.25, 0.3) is 11.5 Å². The van der Waals surface area contributed by atoms with Crippen molar-refractivity contribution in [1.29, 1.82) is 0 Å². The van der Waals surface area contributed by atoms with Gasteiger partial charge in [-0.2, -0.15) is 5.10 Å². The zero-order chi connectivity index (χ0) is 9.35. The molecule has 0 aromatic rings. The number of nitrogens with two attached hydrogens (primary N) is 1. The van der Waals surface area contributed by atoms with E-state index in [2.05, 4.69) is 14.6 Å². The molecule has 0 aliphatic carbocycles. The molecule has 0 spiro atoms. The number of cyclic esters (lactones) is 2. The zero-order valence-corrected chi connectivity index (χ0v) is 6.66. The second kappa shape index (κ2) is 2.47. The highest BCUT2D eigenvalue weighted by molar-refractivity contribution is 6.63. The monoisotopic (exact) mass is 172 g/mol. The van der Waals surface area contributed by atoms with Crippen molar-refractivity contribution in [2.24, 2.45) is 10.9 Å². The van der Waals surface area contributed by atoms with Crippen LogP contribution < -0.4 is 5.84 Å². The quantitative estimate of drug-likeness (QED) is 0.291. The largest absolute Gasteiger partial charge is 0.418 e. The van der Waals surface area contributed by atoms with Crippen LogP contribution in [0.5, 0.6) is 0 Å². The SMILES string of the molecule is CC1(C)OC(=O)C(=NN)C(=O)O1. The van der Waals surface area contributed by atoms with Crippen molar-refractivity contribution < 1.29 is 19.1 Å². The fraction of sp³-hybridized carbons (Fsp3) is 0.500. The van der Waals surface area contributed by atoms with Gasteiger partial charge in [0, 0.05) is 13.8 Å². The van der Waals surface area contributed by atoms with Crippen LogP contribution in [-0.2, 0) is 19.1 Å². The van der Waals surface area contributed by atoms with Crippen molar-refractivity contribution in [2.45, 2.75) is 19.6 Å². The smallest absolute Gasteiger partial charge is 0.369 e. The van der Waals surface area contributed by atoms with E-state index in [1.165, 1.54) is 13.8 Å². The molecule has 1 aliphatic heterocycles. The summed E-state index contributed by atoms with van der Waals surface area (Å²) in [6, 6.07) is 0. The number of hydrogen-bond donors (Lipinski definition) is 1. The van der Waals surface area contributed by atoms with E-state index < -0.39 is 23.4 Å². The van der Waals surface area contributed by atoms with Gasteiger partial charge in [-0.15, -0.1) is 0 Å². The summed E-state index contributed by atoms with van der Waals surface area (Å²) in [5, 5.41) is 2.94. The maximum absolute atomic E-state index is 10.9. The second-order valence-electron chi connectivity index (χ2n) is 2.66. The van der Waals surface area contributed by atoms with Crippen LogP contribution in [0.15, 0.2) is 5.10 Å². The van der Waals surface area contributed by atoms with E-state index in [0.29, 0.717) is 0 Å². The van der Waals surface area contributed by atoms with Gasteiger partial charge in [-0.3, -0.25) is 0 Å². The minimum atomic E-state index is -1.23. The molecule has 0 saturated carbocycles. The Morgan fingerprint density at radius 3 is 2.00 bits per heavy atom. The van der Waals surface area contributed by atoms with Crippen LogP contribution in [0.3, 0.4) is 0 Å². The Bertz CT molecular complexity index is 247.